The summed E-state index contributed by atoms with van der Waals surface area (Å²) in [6, 6.07) is 4.64. The summed E-state index contributed by atoms with van der Waals surface area (Å²) < 4.78 is 18.7. The second-order valence-corrected chi connectivity index (χ2v) is 10.3. The van der Waals surface area contributed by atoms with E-state index in [4.69, 9.17) is 4.52 Å². The van der Waals surface area contributed by atoms with E-state index in [1.165, 1.54) is 6.07 Å². The summed E-state index contributed by atoms with van der Waals surface area (Å²) in [6.07, 6.45) is 1.94. The molecule has 2 amide bonds. The molecule has 1 fully saturated rings. The first-order valence-corrected chi connectivity index (χ1v) is 11.8. The average molecular weight is 474 g/mol. The Morgan fingerprint density at radius 1 is 1.26 bits per heavy atom. The van der Waals surface area contributed by atoms with Crippen LogP contribution in [0.5, 0.6) is 0 Å². The van der Waals surface area contributed by atoms with Gasteiger partial charge in [0.1, 0.15) is 5.82 Å². The van der Waals surface area contributed by atoms with Crippen molar-refractivity contribution in [2.75, 3.05) is 40.3 Å². The van der Waals surface area contributed by atoms with E-state index in [0.717, 1.165) is 6.54 Å². The number of nitrogens with zero attached hydrogens (tertiary/aromatic N) is 4. The zero-order valence-electron chi connectivity index (χ0n) is 20.9. The van der Waals surface area contributed by atoms with Gasteiger partial charge in [-0.05, 0) is 63.0 Å². The topological polar surface area (TPSA) is 91.6 Å². The Balaban J connectivity index is 1.42. The number of halogens is 1. The maximum atomic E-state index is 13.5. The van der Waals surface area contributed by atoms with Gasteiger partial charge in [0.25, 0.3) is 0 Å². The van der Waals surface area contributed by atoms with Gasteiger partial charge in [0, 0.05) is 50.5 Å². The zero-order chi connectivity index (χ0) is 24.9. The fourth-order valence-corrected chi connectivity index (χ4v) is 4.40. The molecule has 0 saturated carbocycles. The smallest absolute Gasteiger partial charge is 0.227 e. The molecule has 1 aromatic carbocycles. The molecule has 2 heterocycles. The zero-order valence-corrected chi connectivity index (χ0v) is 20.9. The van der Waals surface area contributed by atoms with E-state index in [2.05, 4.69) is 34.2 Å². The SMILES string of the molecule is Cc1cc(-c2noc(CCC(=O)N3CCC(C(=O)NCC(C)(C)CN(C)C)CC3)n2)ccc1F. The third kappa shape index (κ3) is 7.09. The molecule has 1 N–H and O–H groups in total. The van der Waals surface area contributed by atoms with Crippen molar-refractivity contribution in [2.45, 2.75) is 46.5 Å². The lowest BCUT2D eigenvalue weighted by atomic mass is 9.91. The first-order chi connectivity index (χ1) is 16.0. The highest BCUT2D eigenvalue weighted by molar-refractivity contribution is 5.80. The van der Waals surface area contributed by atoms with E-state index in [-0.39, 0.29) is 35.4 Å². The summed E-state index contributed by atoms with van der Waals surface area (Å²) in [7, 11) is 4.06. The number of carbonyl (C=O) groups excluding carboxylic acids is 2. The van der Waals surface area contributed by atoms with Gasteiger partial charge in [0.05, 0.1) is 0 Å². The van der Waals surface area contributed by atoms with Crippen LogP contribution in [-0.2, 0) is 16.0 Å². The minimum atomic E-state index is -0.285. The Morgan fingerprint density at radius 2 is 1.97 bits per heavy atom. The molecule has 3 rings (SSSR count). The highest BCUT2D eigenvalue weighted by atomic mass is 19.1. The maximum absolute atomic E-state index is 13.5. The van der Waals surface area contributed by atoms with Crippen LogP contribution in [0.15, 0.2) is 22.7 Å². The van der Waals surface area contributed by atoms with Crippen molar-refractivity contribution in [1.29, 1.82) is 0 Å². The summed E-state index contributed by atoms with van der Waals surface area (Å²) in [5, 5.41) is 7.04. The Bertz CT molecular complexity index is 996. The quantitative estimate of drug-likeness (QED) is 0.602. The summed E-state index contributed by atoms with van der Waals surface area (Å²) >= 11 is 0. The number of aryl methyl sites for hydroxylation is 2. The minimum Gasteiger partial charge on any atom is -0.355 e. The number of piperidine rings is 1. The van der Waals surface area contributed by atoms with Crippen molar-refractivity contribution in [3.05, 3.63) is 35.5 Å². The van der Waals surface area contributed by atoms with Crippen molar-refractivity contribution >= 4 is 11.8 Å². The first-order valence-electron chi connectivity index (χ1n) is 11.8. The van der Waals surface area contributed by atoms with Crippen LogP contribution >= 0.6 is 0 Å². The van der Waals surface area contributed by atoms with E-state index in [1.807, 2.05) is 14.1 Å². The minimum absolute atomic E-state index is 0.0000327. The third-order valence-electron chi connectivity index (χ3n) is 6.14. The Kier molecular flexibility index (Phi) is 8.41. The van der Waals surface area contributed by atoms with Crippen LogP contribution in [0.1, 0.15) is 44.6 Å². The Hall–Kier alpha value is -2.81. The molecular formula is C25H36FN5O3. The Morgan fingerprint density at radius 3 is 2.62 bits per heavy atom. The highest BCUT2D eigenvalue weighted by Gasteiger charge is 2.29. The molecule has 1 saturated heterocycles. The van der Waals surface area contributed by atoms with E-state index in [1.54, 1.807) is 24.0 Å². The number of amides is 2. The summed E-state index contributed by atoms with van der Waals surface area (Å²) in [4.78, 5) is 33.5. The van der Waals surface area contributed by atoms with Crippen LogP contribution in [0.4, 0.5) is 4.39 Å². The molecular weight excluding hydrogens is 437 g/mol. The fourth-order valence-electron chi connectivity index (χ4n) is 4.40. The molecule has 0 unspecified atom stereocenters. The van der Waals surface area contributed by atoms with Gasteiger partial charge in [-0.25, -0.2) is 4.39 Å². The monoisotopic (exact) mass is 473 g/mol. The molecule has 1 aliphatic rings. The molecule has 2 aromatic rings. The molecule has 0 aliphatic carbocycles. The third-order valence-corrected chi connectivity index (χ3v) is 6.14. The van der Waals surface area contributed by atoms with Crippen LogP contribution in [0.2, 0.25) is 0 Å². The van der Waals surface area contributed by atoms with Gasteiger partial charge in [0.15, 0.2) is 0 Å². The van der Waals surface area contributed by atoms with Crippen LogP contribution in [0.25, 0.3) is 11.4 Å². The number of benzene rings is 1. The van der Waals surface area contributed by atoms with Crippen LogP contribution in [0, 0.1) is 24.1 Å². The molecule has 186 valence electrons. The normalized spacial score (nSPS) is 15.1. The highest BCUT2D eigenvalue weighted by Crippen LogP contribution is 2.22. The average Bonchev–Trinajstić information content (AvgIpc) is 3.26. The molecule has 0 atom stereocenters. The number of likely N-dealkylation sites (tertiary alicyclic amines) is 1. The molecule has 8 nitrogen and oxygen atoms in total. The lowest BCUT2D eigenvalue weighted by molar-refractivity contribution is -0.135. The van der Waals surface area contributed by atoms with E-state index in [9.17, 15) is 14.0 Å². The van der Waals surface area contributed by atoms with Crippen molar-refractivity contribution in [2.24, 2.45) is 11.3 Å². The van der Waals surface area contributed by atoms with Crippen molar-refractivity contribution < 1.29 is 18.5 Å². The summed E-state index contributed by atoms with van der Waals surface area (Å²) in [5.74, 6) is 0.507. The van der Waals surface area contributed by atoms with E-state index < -0.39 is 0 Å². The van der Waals surface area contributed by atoms with Gasteiger partial charge in [-0.3, -0.25) is 9.59 Å². The van der Waals surface area contributed by atoms with Gasteiger partial charge in [0.2, 0.25) is 23.5 Å². The van der Waals surface area contributed by atoms with Crippen molar-refractivity contribution in [1.82, 2.24) is 25.3 Å². The van der Waals surface area contributed by atoms with Crippen LogP contribution < -0.4 is 5.32 Å². The molecule has 0 radical (unpaired) electrons. The van der Waals surface area contributed by atoms with Gasteiger partial charge < -0.3 is 19.6 Å². The van der Waals surface area contributed by atoms with Gasteiger partial charge in [-0.15, -0.1) is 0 Å². The van der Waals surface area contributed by atoms with Gasteiger partial charge >= 0.3 is 0 Å². The molecule has 1 aromatic heterocycles. The van der Waals surface area contributed by atoms with Gasteiger partial charge in [-0.1, -0.05) is 19.0 Å². The standard InChI is InChI=1S/C25H36FN5O3/c1-17-14-19(6-7-20(17)26)23-28-21(34-29-23)8-9-22(32)31-12-10-18(11-13-31)24(33)27-15-25(2,3)16-30(4)5/h6-7,14,18H,8-13,15-16H2,1-5H3,(H,27,33). The number of rotatable bonds is 9. The van der Waals surface area contributed by atoms with Crippen LogP contribution in [-0.4, -0.2) is 72.0 Å². The maximum Gasteiger partial charge on any atom is 0.227 e. The molecule has 9 heteroatoms. The molecule has 34 heavy (non-hydrogen) atoms. The molecule has 1 aliphatic heterocycles. The molecule has 0 spiro atoms. The largest absolute Gasteiger partial charge is 0.355 e. The first kappa shape index (κ1) is 25.8. The van der Waals surface area contributed by atoms with E-state index >= 15 is 0 Å². The summed E-state index contributed by atoms with van der Waals surface area (Å²) in [6.45, 7) is 8.63. The number of nitrogens with one attached hydrogen (secondary N) is 1. The fraction of sp³-hybridized carbons (Fsp3) is 0.600. The van der Waals surface area contributed by atoms with Crippen LogP contribution in [0.3, 0.4) is 0 Å². The van der Waals surface area contributed by atoms with Crippen molar-refractivity contribution in [3.63, 3.8) is 0 Å². The second-order valence-electron chi connectivity index (χ2n) is 10.3. The second kappa shape index (κ2) is 11.1. The van der Waals surface area contributed by atoms with Gasteiger partial charge in [-0.2, -0.15) is 4.98 Å². The number of hydrogen-bond donors (Lipinski definition) is 1. The number of aromatic nitrogens is 2. The lowest BCUT2D eigenvalue weighted by Gasteiger charge is -2.33. The number of carbonyl (C=O) groups is 2. The number of hydrogen-bond acceptors (Lipinski definition) is 6. The Labute approximate surface area is 200 Å². The summed E-state index contributed by atoms with van der Waals surface area (Å²) in [5.41, 5.74) is 1.18. The lowest BCUT2D eigenvalue weighted by Crippen LogP contribution is -2.46. The van der Waals surface area contributed by atoms with Crippen molar-refractivity contribution in [3.8, 4) is 11.4 Å². The predicted molar refractivity (Wildman–Crippen MR) is 127 cm³/mol. The van der Waals surface area contributed by atoms with E-state index in [0.29, 0.717) is 61.7 Å². The predicted octanol–water partition coefficient (Wildman–Crippen LogP) is 3.06. The molecule has 0 bridgehead atoms.